The highest BCUT2D eigenvalue weighted by Crippen LogP contribution is 2.31. The maximum Gasteiger partial charge on any atom is 0.246 e. The van der Waals surface area contributed by atoms with Crippen LogP contribution < -0.4 is 26.0 Å². The van der Waals surface area contributed by atoms with E-state index in [1.54, 1.807) is 12.1 Å². The number of carbonyl (C=O) groups excluding carboxylic acids is 3. The Labute approximate surface area is 247 Å². The zero-order valence-corrected chi connectivity index (χ0v) is 24.6. The van der Waals surface area contributed by atoms with Gasteiger partial charge in [0.15, 0.2) is 0 Å². The SMILES string of the molecule is CC(C)C[C@@H]1NCCOc2ccccc2/C=C\CNC(=O)[C@H](Cc2ccc(Cl)cc2)NC(=O)C2(CCCC2)NC1=O. The average Bonchev–Trinajstić information content (AvgIpc) is 3.43. The number of halogens is 1. The second-order valence-corrected chi connectivity index (χ2v) is 11.7. The van der Waals surface area contributed by atoms with E-state index < -0.39 is 17.6 Å². The molecule has 2 aromatic rings. The average molecular weight is 581 g/mol. The number of para-hydroxylation sites is 1. The summed E-state index contributed by atoms with van der Waals surface area (Å²) in [5, 5.41) is 13.0. The molecule has 1 saturated carbocycles. The molecule has 4 rings (SSSR count). The van der Waals surface area contributed by atoms with Crippen molar-refractivity contribution < 1.29 is 19.1 Å². The van der Waals surface area contributed by atoms with Crippen LogP contribution in [0.4, 0.5) is 0 Å². The van der Waals surface area contributed by atoms with Crippen LogP contribution >= 0.6 is 11.6 Å². The molecule has 0 bridgehead atoms. The zero-order chi connectivity index (χ0) is 29.2. The van der Waals surface area contributed by atoms with Gasteiger partial charge in [0.05, 0.1) is 6.04 Å². The lowest BCUT2D eigenvalue weighted by Crippen LogP contribution is -2.63. The van der Waals surface area contributed by atoms with Gasteiger partial charge in [0.1, 0.15) is 23.9 Å². The van der Waals surface area contributed by atoms with E-state index in [9.17, 15) is 14.4 Å². The molecule has 0 aromatic heterocycles. The van der Waals surface area contributed by atoms with Crippen molar-refractivity contribution in [1.29, 1.82) is 0 Å². The van der Waals surface area contributed by atoms with Crippen LogP contribution in [0.2, 0.25) is 5.02 Å². The van der Waals surface area contributed by atoms with Gasteiger partial charge in [-0.3, -0.25) is 14.4 Å². The zero-order valence-electron chi connectivity index (χ0n) is 23.9. The van der Waals surface area contributed by atoms with E-state index in [1.165, 1.54) is 0 Å². The molecule has 2 atom stereocenters. The van der Waals surface area contributed by atoms with Crippen molar-refractivity contribution in [2.24, 2.45) is 5.92 Å². The van der Waals surface area contributed by atoms with Crippen LogP contribution in [-0.2, 0) is 20.8 Å². The first-order chi connectivity index (χ1) is 19.8. The van der Waals surface area contributed by atoms with Gasteiger partial charge in [-0.1, -0.05) is 80.8 Å². The summed E-state index contributed by atoms with van der Waals surface area (Å²) in [5.41, 5.74) is 0.686. The molecule has 0 radical (unpaired) electrons. The molecule has 1 aliphatic carbocycles. The fourth-order valence-electron chi connectivity index (χ4n) is 5.44. The number of benzene rings is 2. The van der Waals surface area contributed by atoms with Crippen molar-refractivity contribution in [1.82, 2.24) is 21.3 Å². The molecular formula is C32H41ClN4O4. The fraction of sp³-hybridized carbons (Fsp3) is 0.469. The van der Waals surface area contributed by atoms with Crippen LogP contribution in [0.3, 0.4) is 0 Å². The minimum absolute atomic E-state index is 0.209. The van der Waals surface area contributed by atoms with E-state index in [1.807, 2.05) is 48.6 Å². The number of rotatable bonds is 4. The molecule has 8 nitrogen and oxygen atoms in total. The molecule has 1 spiro atoms. The highest BCUT2D eigenvalue weighted by Gasteiger charge is 2.44. The second kappa shape index (κ2) is 14.5. The topological polar surface area (TPSA) is 109 Å². The minimum atomic E-state index is -1.06. The first-order valence-corrected chi connectivity index (χ1v) is 14.9. The maximum absolute atomic E-state index is 13.9. The number of hydrogen-bond acceptors (Lipinski definition) is 5. The van der Waals surface area contributed by atoms with E-state index in [4.69, 9.17) is 16.3 Å². The van der Waals surface area contributed by atoms with E-state index in [0.717, 1.165) is 29.7 Å². The lowest BCUT2D eigenvalue weighted by atomic mass is 9.93. The molecule has 3 amide bonds. The molecule has 1 fully saturated rings. The Balaban J connectivity index is 1.63. The molecule has 9 heteroatoms. The quantitative estimate of drug-likeness (QED) is 0.437. The summed E-state index contributed by atoms with van der Waals surface area (Å²) in [6.07, 6.45) is 7.36. The normalized spacial score (nSPS) is 23.0. The van der Waals surface area contributed by atoms with Gasteiger partial charge >= 0.3 is 0 Å². The summed E-state index contributed by atoms with van der Waals surface area (Å²) >= 11 is 6.07. The summed E-state index contributed by atoms with van der Waals surface area (Å²) in [5.74, 6) is 0.153. The molecule has 2 aliphatic rings. The Bertz CT molecular complexity index is 1220. The summed E-state index contributed by atoms with van der Waals surface area (Å²) < 4.78 is 6.04. The molecule has 0 saturated heterocycles. The Kier molecular flexibility index (Phi) is 10.8. The van der Waals surface area contributed by atoms with Gasteiger partial charge < -0.3 is 26.0 Å². The van der Waals surface area contributed by atoms with E-state index >= 15 is 0 Å². The smallest absolute Gasteiger partial charge is 0.246 e. The third kappa shape index (κ3) is 8.57. The van der Waals surface area contributed by atoms with Crippen LogP contribution in [0.15, 0.2) is 54.6 Å². The van der Waals surface area contributed by atoms with Crippen LogP contribution in [-0.4, -0.2) is 55.0 Å². The Morgan fingerprint density at radius 3 is 2.44 bits per heavy atom. The number of ether oxygens (including phenoxy) is 1. The highest BCUT2D eigenvalue weighted by molar-refractivity contribution is 6.30. The van der Waals surface area contributed by atoms with Gasteiger partial charge in [0, 0.05) is 30.1 Å². The van der Waals surface area contributed by atoms with E-state index in [2.05, 4.69) is 35.1 Å². The van der Waals surface area contributed by atoms with Crippen LogP contribution in [0.25, 0.3) is 6.08 Å². The molecule has 1 heterocycles. The van der Waals surface area contributed by atoms with Crippen molar-refractivity contribution >= 4 is 35.4 Å². The molecule has 41 heavy (non-hydrogen) atoms. The van der Waals surface area contributed by atoms with Crippen molar-refractivity contribution in [3.05, 3.63) is 70.8 Å². The van der Waals surface area contributed by atoms with Crippen molar-refractivity contribution in [3.8, 4) is 5.75 Å². The lowest BCUT2D eigenvalue weighted by Gasteiger charge is -2.33. The van der Waals surface area contributed by atoms with Crippen LogP contribution in [0.5, 0.6) is 5.75 Å². The standard InChI is InChI=1S/C32H41ClN4O4/c1-22(2)20-26-30(39)37-32(15-5-6-16-32)31(40)36-27(21-23-11-13-25(33)14-12-23)29(38)35-17-7-9-24-8-3-4-10-28(24)41-19-18-34-26/h3-4,7-14,22,26-27,34H,5-6,15-21H2,1-2H3,(H,35,38)(H,36,40)(H,37,39)/b9-7-/t26-,27-/m0/s1. The summed E-state index contributed by atoms with van der Waals surface area (Å²) in [4.78, 5) is 40.9. The Morgan fingerprint density at radius 1 is 0.976 bits per heavy atom. The first-order valence-electron chi connectivity index (χ1n) is 14.5. The molecule has 0 unspecified atom stereocenters. The third-order valence-electron chi connectivity index (χ3n) is 7.61. The van der Waals surface area contributed by atoms with Crippen molar-refractivity contribution in [2.45, 2.75) is 70.0 Å². The summed E-state index contributed by atoms with van der Waals surface area (Å²) in [6, 6.07) is 13.6. The van der Waals surface area contributed by atoms with Gasteiger partial charge in [-0.15, -0.1) is 0 Å². The number of nitrogens with one attached hydrogen (secondary N) is 4. The number of carbonyl (C=O) groups is 3. The van der Waals surface area contributed by atoms with Gasteiger partial charge in [0.2, 0.25) is 17.7 Å². The van der Waals surface area contributed by atoms with Crippen LogP contribution in [0, 0.1) is 5.92 Å². The molecule has 2 aromatic carbocycles. The van der Waals surface area contributed by atoms with E-state index in [0.29, 0.717) is 37.4 Å². The second-order valence-electron chi connectivity index (χ2n) is 11.3. The monoisotopic (exact) mass is 580 g/mol. The molecule has 1 aliphatic heterocycles. The third-order valence-corrected chi connectivity index (χ3v) is 7.87. The van der Waals surface area contributed by atoms with Crippen molar-refractivity contribution in [3.63, 3.8) is 0 Å². The van der Waals surface area contributed by atoms with Gasteiger partial charge in [-0.05, 0) is 48.9 Å². The predicted molar refractivity (Wildman–Crippen MR) is 162 cm³/mol. The summed E-state index contributed by atoms with van der Waals surface area (Å²) in [7, 11) is 0. The molecule has 220 valence electrons. The number of amides is 3. The number of fused-ring (bicyclic) bond motifs is 1. The Morgan fingerprint density at radius 2 is 1.71 bits per heavy atom. The largest absolute Gasteiger partial charge is 0.492 e. The molecule has 4 N–H and O–H groups in total. The maximum atomic E-state index is 13.9. The van der Waals surface area contributed by atoms with Gasteiger partial charge in [-0.25, -0.2) is 0 Å². The Hall–Kier alpha value is -3.36. The highest BCUT2D eigenvalue weighted by atomic mass is 35.5. The van der Waals surface area contributed by atoms with Crippen LogP contribution in [0.1, 0.15) is 57.1 Å². The minimum Gasteiger partial charge on any atom is -0.492 e. The lowest BCUT2D eigenvalue weighted by molar-refractivity contribution is -0.136. The van der Waals surface area contributed by atoms with E-state index in [-0.39, 0.29) is 36.6 Å². The fourth-order valence-corrected chi connectivity index (χ4v) is 5.57. The summed E-state index contributed by atoms with van der Waals surface area (Å²) in [6.45, 7) is 5.26. The first kappa shape index (κ1) is 30.6. The van der Waals surface area contributed by atoms with Crippen molar-refractivity contribution in [2.75, 3.05) is 19.7 Å². The van der Waals surface area contributed by atoms with Gasteiger partial charge in [-0.2, -0.15) is 0 Å². The molecular weight excluding hydrogens is 540 g/mol. The number of hydrogen-bond donors (Lipinski definition) is 4. The van der Waals surface area contributed by atoms with Gasteiger partial charge in [0.25, 0.3) is 0 Å². The predicted octanol–water partition coefficient (Wildman–Crippen LogP) is 4.02.